The molecule has 1 fully saturated rings. The van der Waals surface area contributed by atoms with Gasteiger partial charge in [0.1, 0.15) is 0 Å². The van der Waals surface area contributed by atoms with Crippen molar-refractivity contribution < 1.29 is 28.5 Å². The number of fused-ring (bicyclic) bond motifs is 1. The van der Waals surface area contributed by atoms with Gasteiger partial charge in [0.2, 0.25) is 5.91 Å². The lowest BCUT2D eigenvalue weighted by Gasteiger charge is -2.41. The highest BCUT2D eigenvalue weighted by Gasteiger charge is 2.33. The number of halogens is 1. The van der Waals surface area contributed by atoms with Gasteiger partial charge >= 0.3 is 0 Å². The van der Waals surface area contributed by atoms with Crippen LogP contribution in [0, 0.1) is 0 Å². The van der Waals surface area contributed by atoms with Crippen molar-refractivity contribution in [2.45, 2.75) is 31.7 Å². The number of nitrogens with zero attached hydrogens (tertiary/aromatic N) is 2. The molecule has 1 saturated heterocycles. The molecule has 1 unspecified atom stereocenters. The quantitative estimate of drug-likeness (QED) is 0.526. The number of amides is 2. The van der Waals surface area contributed by atoms with Gasteiger partial charge in [-0.3, -0.25) is 9.59 Å². The first-order valence-electron chi connectivity index (χ1n) is 12.3. The number of rotatable bonds is 9. The first-order chi connectivity index (χ1) is 17.5. The van der Waals surface area contributed by atoms with Gasteiger partial charge in [0.05, 0.1) is 28.4 Å². The maximum absolute atomic E-state index is 13.4. The van der Waals surface area contributed by atoms with Gasteiger partial charge in [-0.05, 0) is 55.6 Å². The predicted molar refractivity (Wildman–Crippen MR) is 144 cm³/mol. The average molecular weight is 534 g/mol. The Hall–Kier alpha value is -3.17. The highest BCUT2D eigenvalue weighted by molar-refractivity contribution is 5.98. The predicted octanol–water partition coefficient (Wildman–Crippen LogP) is 3.63. The van der Waals surface area contributed by atoms with E-state index in [1.165, 1.54) is 0 Å². The van der Waals surface area contributed by atoms with Crippen molar-refractivity contribution in [3.05, 3.63) is 41.5 Å². The van der Waals surface area contributed by atoms with E-state index in [-0.39, 0.29) is 30.3 Å². The molecule has 2 aliphatic heterocycles. The van der Waals surface area contributed by atoms with Crippen molar-refractivity contribution in [3.63, 3.8) is 0 Å². The van der Waals surface area contributed by atoms with Gasteiger partial charge in [-0.25, -0.2) is 0 Å². The topological polar surface area (TPSA) is 89.6 Å². The largest absolute Gasteiger partial charge is 0.493 e. The summed E-state index contributed by atoms with van der Waals surface area (Å²) in [6.07, 6.45) is 3.10. The molecule has 0 aliphatic carbocycles. The van der Waals surface area contributed by atoms with Crippen molar-refractivity contribution in [1.82, 2.24) is 9.80 Å². The van der Waals surface area contributed by atoms with E-state index in [0.29, 0.717) is 53.8 Å². The number of carbonyl (C=O) groups excluding carboxylic acids is 2. The summed E-state index contributed by atoms with van der Waals surface area (Å²) >= 11 is 0. The van der Waals surface area contributed by atoms with Crippen molar-refractivity contribution in [1.29, 1.82) is 0 Å². The number of hydrogen-bond donors (Lipinski definition) is 1. The fourth-order valence-electron chi connectivity index (χ4n) is 5.06. The van der Waals surface area contributed by atoms with E-state index in [9.17, 15) is 9.59 Å². The Morgan fingerprint density at radius 3 is 2.32 bits per heavy atom. The molecular weight excluding hydrogens is 498 g/mol. The summed E-state index contributed by atoms with van der Waals surface area (Å²) in [7, 11) is 6.32. The van der Waals surface area contributed by atoms with Gasteiger partial charge in [0.15, 0.2) is 23.0 Å². The van der Waals surface area contributed by atoms with Crippen molar-refractivity contribution in [2.75, 3.05) is 59.9 Å². The average Bonchev–Trinajstić information content (AvgIpc) is 2.91. The Morgan fingerprint density at radius 1 is 0.946 bits per heavy atom. The van der Waals surface area contributed by atoms with Gasteiger partial charge in [0.25, 0.3) is 5.91 Å². The lowest BCUT2D eigenvalue weighted by molar-refractivity contribution is -0.116. The van der Waals surface area contributed by atoms with Crippen molar-refractivity contribution in [3.8, 4) is 23.0 Å². The maximum Gasteiger partial charge on any atom is 0.254 e. The Morgan fingerprint density at radius 2 is 1.62 bits per heavy atom. The monoisotopic (exact) mass is 533 g/mol. The molecule has 0 bridgehead atoms. The third kappa shape index (κ3) is 6.40. The summed E-state index contributed by atoms with van der Waals surface area (Å²) in [5.41, 5.74) is 2.34. The number of hydrogen-bond acceptors (Lipinski definition) is 7. The number of anilines is 1. The number of carbonyl (C=O) groups is 2. The maximum atomic E-state index is 13.4. The lowest BCUT2D eigenvalue weighted by atomic mass is 9.94. The minimum atomic E-state index is -0.0617. The molecule has 2 heterocycles. The third-order valence-electron chi connectivity index (χ3n) is 6.97. The van der Waals surface area contributed by atoms with Crippen LogP contribution in [0.15, 0.2) is 30.3 Å². The molecule has 0 radical (unpaired) electrons. The molecule has 0 aromatic heterocycles. The fraction of sp³-hybridized carbons (Fsp3) is 0.481. The van der Waals surface area contributed by atoms with E-state index in [0.717, 1.165) is 37.9 Å². The molecule has 1 N–H and O–H groups in total. The van der Waals surface area contributed by atoms with E-state index in [1.54, 1.807) is 52.7 Å². The van der Waals surface area contributed by atoms with Crippen LogP contribution < -0.4 is 24.3 Å². The number of nitrogens with one attached hydrogen (secondary N) is 1. The number of piperidine rings is 1. The van der Waals surface area contributed by atoms with Crippen LogP contribution in [-0.4, -0.2) is 82.3 Å². The Bertz CT molecular complexity index is 1110. The standard InChI is InChI=1S/C27H35N3O6.ClH/c1-33-22-8-7-19(15-24(22)35-3)28-26(31)10-12-29-11-5-6-20(17-29)30-13-9-18-14-23(34-2)25(36-4)16-21(18)27(30)32;/h7-8,14-16,20H,5-6,9-13,17H2,1-4H3,(H,28,31);1H. The van der Waals surface area contributed by atoms with E-state index in [1.807, 2.05) is 11.0 Å². The second-order valence-electron chi connectivity index (χ2n) is 9.08. The fourth-order valence-corrected chi connectivity index (χ4v) is 5.06. The molecule has 0 spiro atoms. The molecule has 1 atom stereocenters. The highest BCUT2D eigenvalue weighted by Crippen LogP contribution is 2.34. The van der Waals surface area contributed by atoms with E-state index in [2.05, 4.69) is 10.2 Å². The van der Waals surface area contributed by atoms with Gasteiger partial charge < -0.3 is 34.1 Å². The molecular formula is C27H36ClN3O6. The van der Waals surface area contributed by atoms with E-state index < -0.39 is 0 Å². The highest BCUT2D eigenvalue weighted by atomic mass is 35.5. The zero-order valence-electron chi connectivity index (χ0n) is 21.9. The minimum Gasteiger partial charge on any atom is -0.493 e. The lowest BCUT2D eigenvalue weighted by Crippen LogP contribution is -2.52. The van der Waals surface area contributed by atoms with Crippen LogP contribution in [0.2, 0.25) is 0 Å². The minimum absolute atomic E-state index is 0. The van der Waals surface area contributed by atoms with Crippen LogP contribution in [0.3, 0.4) is 0 Å². The van der Waals surface area contributed by atoms with Crippen LogP contribution in [-0.2, 0) is 11.2 Å². The molecule has 2 amide bonds. The number of ether oxygens (including phenoxy) is 4. The Kier molecular flexibility index (Phi) is 9.88. The van der Waals surface area contributed by atoms with Crippen molar-refractivity contribution >= 4 is 29.9 Å². The van der Waals surface area contributed by atoms with Gasteiger partial charge in [-0.2, -0.15) is 0 Å². The molecule has 9 nitrogen and oxygen atoms in total. The summed E-state index contributed by atoms with van der Waals surface area (Å²) in [6.45, 7) is 3.00. The van der Waals surface area contributed by atoms with Crippen LogP contribution in [0.25, 0.3) is 0 Å². The molecule has 2 aliphatic rings. The smallest absolute Gasteiger partial charge is 0.254 e. The Labute approximate surface area is 224 Å². The Balaban J connectivity index is 0.00000380. The molecule has 2 aromatic carbocycles. The molecule has 2 aromatic rings. The SMILES string of the molecule is COc1ccc(NC(=O)CCN2CCCC(N3CCc4cc(OC)c(OC)cc4C3=O)C2)cc1OC.Cl. The first kappa shape index (κ1) is 28.4. The second-order valence-corrected chi connectivity index (χ2v) is 9.08. The van der Waals surface area contributed by atoms with Gasteiger partial charge in [-0.1, -0.05) is 0 Å². The first-order valence-corrected chi connectivity index (χ1v) is 12.3. The third-order valence-corrected chi connectivity index (χ3v) is 6.97. The zero-order chi connectivity index (χ0) is 25.7. The summed E-state index contributed by atoms with van der Waals surface area (Å²) in [5, 5.41) is 2.93. The molecule has 0 saturated carbocycles. The molecule has 202 valence electrons. The van der Waals surface area contributed by atoms with Crippen LogP contribution >= 0.6 is 12.4 Å². The number of benzene rings is 2. The summed E-state index contributed by atoms with van der Waals surface area (Å²) in [5.74, 6) is 2.37. The van der Waals surface area contributed by atoms with Crippen molar-refractivity contribution in [2.24, 2.45) is 0 Å². The normalized spacial score (nSPS) is 17.4. The number of likely N-dealkylation sites (tertiary alicyclic amines) is 1. The molecule has 37 heavy (non-hydrogen) atoms. The van der Waals surface area contributed by atoms with E-state index >= 15 is 0 Å². The number of methoxy groups -OCH3 is 4. The van der Waals surface area contributed by atoms with Crippen LogP contribution in [0.4, 0.5) is 5.69 Å². The summed E-state index contributed by atoms with van der Waals surface area (Å²) < 4.78 is 21.4. The van der Waals surface area contributed by atoms with Gasteiger partial charge in [-0.15, -0.1) is 12.4 Å². The summed E-state index contributed by atoms with van der Waals surface area (Å²) in [6, 6.07) is 9.14. The summed E-state index contributed by atoms with van der Waals surface area (Å²) in [4.78, 5) is 30.3. The van der Waals surface area contributed by atoms with Gasteiger partial charge in [0, 0.05) is 49.4 Å². The van der Waals surface area contributed by atoms with Crippen LogP contribution in [0.5, 0.6) is 23.0 Å². The second kappa shape index (κ2) is 12.9. The molecule has 10 heteroatoms. The molecule has 4 rings (SSSR count). The zero-order valence-corrected chi connectivity index (χ0v) is 22.7. The van der Waals surface area contributed by atoms with Crippen LogP contribution in [0.1, 0.15) is 35.2 Å². The van der Waals surface area contributed by atoms with E-state index in [4.69, 9.17) is 18.9 Å².